The maximum Gasteiger partial charge on any atom is 0.227 e. The van der Waals surface area contributed by atoms with Gasteiger partial charge in [-0.1, -0.05) is 6.07 Å². The van der Waals surface area contributed by atoms with Crippen molar-refractivity contribution in [1.29, 1.82) is 0 Å². The van der Waals surface area contributed by atoms with E-state index in [0.29, 0.717) is 0 Å². The number of fused-ring (bicyclic) bond motifs is 1. The number of sulfonamides is 1. The van der Waals surface area contributed by atoms with Crippen LogP contribution in [0.2, 0.25) is 0 Å². The molecule has 1 fully saturated rings. The van der Waals surface area contributed by atoms with Crippen molar-refractivity contribution in [2.24, 2.45) is 5.92 Å². The molecule has 0 bridgehead atoms. The summed E-state index contributed by atoms with van der Waals surface area (Å²) in [6.45, 7) is 6.42. The highest BCUT2D eigenvalue weighted by Crippen LogP contribution is 2.31. The van der Waals surface area contributed by atoms with Crippen LogP contribution in [-0.4, -0.2) is 67.7 Å². The van der Waals surface area contributed by atoms with E-state index in [1.165, 1.54) is 14.1 Å². The van der Waals surface area contributed by atoms with E-state index in [0.717, 1.165) is 37.5 Å². The summed E-state index contributed by atoms with van der Waals surface area (Å²) in [5.74, 6) is -0.787. The molecule has 3 rings (SSSR count). The molecule has 1 aromatic carbocycles. The Hall–Kier alpha value is -1.90. The van der Waals surface area contributed by atoms with Crippen LogP contribution in [0.15, 0.2) is 16.7 Å². The SMILES string of the molecule is Cc1cc(C)c2c(CC(=O)N3C[C@@H](CS(=O)(=O)N(C)C)[C@H](O)C3)coc2c1C. The number of amides is 1. The van der Waals surface area contributed by atoms with Crippen molar-refractivity contribution in [3.05, 3.63) is 34.6 Å². The number of aryl methyl sites for hydroxylation is 3. The first-order valence-electron chi connectivity index (χ1n) is 9.34. The number of hydrogen-bond acceptors (Lipinski definition) is 5. The fourth-order valence-corrected chi connectivity index (χ4v) is 5.00. The van der Waals surface area contributed by atoms with Gasteiger partial charge in [0.1, 0.15) is 5.58 Å². The number of likely N-dealkylation sites (tertiary alicyclic amines) is 1. The highest BCUT2D eigenvalue weighted by atomic mass is 32.2. The summed E-state index contributed by atoms with van der Waals surface area (Å²) in [5, 5.41) is 11.2. The number of hydrogen-bond donors (Lipinski definition) is 1. The molecule has 0 radical (unpaired) electrons. The molecule has 2 heterocycles. The Morgan fingerprint density at radius 1 is 1.25 bits per heavy atom. The van der Waals surface area contributed by atoms with Crippen LogP contribution >= 0.6 is 0 Å². The summed E-state index contributed by atoms with van der Waals surface area (Å²) in [5.41, 5.74) is 4.89. The van der Waals surface area contributed by atoms with Gasteiger partial charge in [0, 0.05) is 44.1 Å². The standard InChI is InChI=1S/C20H28N2O5S/c1-12-6-13(2)19-15(10-27-20(19)14(12)3)7-18(24)22-8-16(17(23)9-22)11-28(25,26)21(4)5/h6,10,16-17,23H,7-9,11H2,1-5H3/t16-,17+/m0/s1. The van der Waals surface area contributed by atoms with Crippen molar-refractivity contribution in [2.45, 2.75) is 33.3 Å². The maximum atomic E-state index is 12.8. The minimum Gasteiger partial charge on any atom is -0.464 e. The maximum absolute atomic E-state index is 12.8. The first kappa shape index (κ1) is 20.8. The predicted molar refractivity (Wildman–Crippen MR) is 108 cm³/mol. The molecule has 1 aliphatic rings. The van der Waals surface area contributed by atoms with Gasteiger partial charge in [0.25, 0.3) is 0 Å². The van der Waals surface area contributed by atoms with Gasteiger partial charge in [0.15, 0.2) is 0 Å². The Kier molecular flexibility index (Phi) is 5.58. The topological polar surface area (TPSA) is 91.1 Å². The molecule has 2 atom stereocenters. The van der Waals surface area contributed by atoms with Crippen LogP contribution in [0.3, 0.4) is 0 Å². The van der Waals surface area contributed by atoms with Crippen LogP contribution in [0.1, 0.15) is 22.3 Å². The van der Waals surface area contributed by atoms with Crippen LogP contribution in [-0.2, 0) is 21.2 Å². The third kappa shape index (κ3) is 3.81. The second-order valence-corrected chi connectivity index (χ2v) is 10.2. The zero-order valence-electron chi connectivity index (χ0n) is 17.0. The van der Waals surface area contributed by atoms with Gasteiger partial charge in [0.05, 0.1) is 24.5 Å². The van der Waals surface area contributed by atoms with Crippen molar-refractivity contribution in [3.63, 3.8) is 0 Å². The number of benzene rings is 1. The largest absolute Gasteiger partial charge is 0.464 e. The highest BCUT2D eigenvalue weighted by Gasteiger charge is 2.37. The van der Waals surface area contributed by atoms with Gasteiger partial charge in [-0.2, -0.15) is 0 Å². The van der Waals surface area contributed by atoms with Crippen molar-refractivity contribution in [3.8, 4) is 0 Å². The van der Waals surface area contributed by atoms with E-state index in [1.807, 2.05) is 20.8 Å². The first-order valence-corrected chi connectivity index (χ1v) is 10.9. The summed E-state index contributed by atoms with van der Waals surface area (Å²) in [6, 6.07) is 2.09. The molecule has 1 saturated heterocycles. The Bertz CT molecular complexity index is 1010. The molecule has 2 aromatic rings. The number of carbonyl (C=O) groups excluding carboxylic acids is 1. The van der Waals surface area contributed by atoms with Crippen molar-refractivity contribution in [2.75, 3.05) is 32.9 Å². The molecule has 8 heteroatoms. The second kappa shape index (κ2) is 7.50. The lowest BCUT2D eigenvalue weighted by Crippen LogP contribution is -2.34. The average Bonchev–Trinajstić information content (AvgIpc) is 3.17. The van der Waals surface area contributed by atoms with E-state index in [-0.39, 0.29) is 31.2 Å². The smallest absolute Gasteiger partial charge is 0.227 e. The van der Waals surface area contributed by atoms with Crippen molar-refractivity contribution >= 4 is 26.9 Å². The van der Waals surface area contributed by atoms with Gasteiger partial charge in [-0.05, 0) is 37.5 Å². The molecule has 0 saturated carbocycles. The minimum absolute atomic E-state index is 0.135. The summed E-state index contributed by atoms with van der Waals surface area (Å²) in [7, 11) is -0.501. The summed E-state index contributed by atoms with van der Waals surface area (Å²) < 4.78 is 31.1. The molecular weight excluding hydrogens is 380 g/mol. The second-order valence-electron chi connectivity index (χ2n) is 7.96. The lowest BCUT2D eigenvalue weighted by Gasteiger charge is -2.18. The monoisotopic (exact) mass is 408 g/mol. The van der Waals surface area contributed by atoms with E-state index in [9.17, 15) is 18.3 Å². The Balaban J connectivity index is 1.76. The normalized spacial score (nSPS) is 20.5. The molecule has 1 amide bonds. The minimum atomic E-state index is -3.44. The van der Waals surface area contributed by atoms with Gasteiger partial charge >= 0.3 is 0 Å². The molecule has 1 aromatic heterocycles. The third-order valence-electron chi connectivity index (χ3n) is 5.71. The number of nitrogens with zero attached hydrogens (tertiary/aromatic N) is 2. The van der Waals surface area contributed by atoms with Gasteiger partial charge in [0.2, 0.25) is 15.9 Å². The Morgan fingerprint density at radius 3 is 2.57 bits per heavy atom. The van der Waals surface area contributed by atoms with Crippen LogP contribution in [0.4, 0.5) is 0 Å². The Morgan fingerprint density at radius 2 is 1.93 bits per heavy atom. The number of furan rings is 1. The Labute approximate surface area is 166 Å². The van der Waals surface area contributed by atoms with E-state index in [4.69, 9.17) is 4.42 Å². The molecule has 28 heavy (non-hydrogen) atoms. The van der Waals surface area contributed by atoms with Gasteiger partial charge in [-0.15, -0.1) is 0 Å². The van der Waals surface area contributed by atoms with E-state index in [2.05, 4.69) is 6.07 Å². The molecule has 0 aliphatic carbocycles. The number of aliphatic hydroxyl groups is 1. The van der Waals surface area contributed by atoms with Crippen molar-refractivity contribution < 1.29 is 22.7 Å². The molecule has 154 valence electrons. The first-order chi connectivity index (χ1) is 13.0. The van der Waals surface area contributed by atoms with Gasteiger partial charge in [-0.3, -0.25) is 4.79 Å². The quantitative estimate of drug-likeness (QED) is 0.812. The molecule has 0 spiro atoms. The van der Waals surface area contributed by atoms with E-state index in [1.54, 1.807) is 11.2 Å². The molecule has 7 nitrogen and oxygen atoms in total. The molecule has 1 N–H and O–H groups in total. The van der Waals surface area contributed by atoms with Gasteiger partial charge in [-0.25, -0.2) is 12.7 Å². The molecule has 0 unspecified atom stereocenters. The van der Waals surface area contributed by atoms with Crippen LogP contribution < -0.4 is 0 Å². The fraction of sp³-hybridized carbons (Fsp3) is 0.550. The fourth-order valence-electron chi connectivity index (χ4n) is 3.83. The van der Waals surface area contributed by atoms with Crippen molar-refractivity contribution in [1.82, 2.24) is 9.21 Å². The number of β-amino-alcohol motifs (C(OH)–C–C–N with tert-alkyl or cyclic N) is 1. The molecular formula is C20H28N2O5S. The van der Waals surface area contributed by atoms with Crippen LogP contribution in [0.5, 0.6) is 0 Å². The zero-order valence-corrected chi connectivity index (χ0v) is 17.8. The highest BCUT2D eigenvalue weighted by molar-refractivity contribution is 7.89. The van der Waals surface area contributed by atoms with Gasteiger partial charge < -0.3 is 14.4 Å². The third-order valence-corrected chi connectivity index (χ3v) is 7.67. The van der Waals surface area contributed by atoms with Crippen LogP contribution in [0, 0.1) is 26.7 Å². The molecule has 1 aliphatic heterocycles. The lowest BCUT2D eigenvalue weighted by molar-refractivity contribution is -0.129. The number of aliphatic hydroxyl groups excluding tert-OH is 1. The average molecular weight is 409 g/mol. The summed E-state index contributed by atoms with van der Waals surface area (Å²) >= 11 is 0. The van der Waals surface area contributed by atoms with E-state index >= 15 is 0 Å². The number of rotatable bonds is 5. The predicted octanol–water partition coefficient (Wildman–Crippen LogP) is 1.61. The summed E-state index contributed by atoms with van der Waals surface area (Å²) in [4.78, 5) is 14.4. The lowest BCUT2D eigenvalue weighted by atomic mass is 9.99. The van der Waals surface area contributed by atoms with Crippen LogP contribution in [0.25, 0.3) is 11.0 Å². The zero-order chi connectivity index (χ0) is 20.8. The number of carbonyl (C=O) groups is 1. The summed E-state index contributed by atoms with van der Waals surface area (Å²) in [6.07, 6.45) is 0.949. The van der Waals surface area contributed by atoms with E-state index < -0.39 is 22.0 Å².